The van der Waals surface area contributed by atoms with Crippen molar-refractivity contribution in [3.05, 3.63) is 36.0 Å². The van der Waals surface area contributed by atoms with Gasteiger partial charge < -0.3 is 39.2 Å². The van der Waals surface area contributed by atoms with Crippen molar-refractivity contribution >= 4 is 44.7 Å². The molecule has 2 saturated carbocycles. The van der Waals surface area contributed by atoms with E-state index in [0.29, 0.717) is 63.3 Å². The molecular formula is C47H63F3N6O11S. The number of halogens is 3. The number of amides is 4. The van der Waals surface area contributed by atoms with Gasteiger partial charge in [-0.05, 0) is 97.3 Å². The molecule has 17 nitrogen and oxygen atoms in total. The molecule has 21 heteroatoms. The summed E-state index contributed by atoms with van der Waals surface area (Å²) in [5, 5.41) is 5.32. The van der Waals surface area contributed by atoms with E-state index in [4.69, 9.17) is 23.7 Å². The van der Waals surface area contributed by atoms with Gasteiger partial charge in [-0.3, -0.25) is 24.0 Å². The Morgan fingerprint density at radius 1 is 1.01 bits per heavy atom. The lowest BCUT2D eigenvalue weighted by Gasteiger charge is -2.36. The average molecular weight is 977 g/mol. The number of unbranched alkanes of at least 4 members (excludes halogenated alkanes) is 3. The van der Waals surface area contributed by atoms with Crippen LogP contribution >= 0.6 is 0 Å². The Hall–Kier alpha value is -4.89. The lowest BCUT2D eigenvalue weighted by atomic mass is 9.98. The van der Waals surface area contributed by atoms with Gasteiger partial charge in [0.05, 0.1) is 36.6 Å². The average Bonchev–Trinajstić information content (AvgIpc) is 4.14. The van der Waals surface area contributed by atoms with Crippen molar-refractivity contribution in [1.82, 2.24) is 30.1 Å². The van der Waals surface area contributed by atoms with Gasteiger partial charge in [-0.2, -0.15) is 13.2 Å². The van der Waals surface area contributed by atoms with Crippen LogP contribution in [0, 0.1) is 5.92 Å². The minimum Gasteiger partial charge on any atom is -0.494 e. The van der Waals surface area contributed by atoms with Crippen LogP contribution in [-0.2, 0) is 40.1 Å². The minimum absolute atomic E-state index is 0.0266. The third-order valence-electron chi connectivity index (χ3n) is 13.9. The first-order valence-corrected chi connectivity index (χ1v) is 25.2. The van der Waals surface area contributed by atoms with Crippen molar-refractivity contribution in [2.24, 2.45) is 5.92 Å². The van der Waals surface area contributed by atoms with Gasteiger partial charge in [-0.25, -0.2) is 18.2 Å². The largest absolute Gasteiger partial charge is 0.494 e. The zero-order valence-corrected chi connectivity index (χ0v) is 40.1. The van der Waals surface area contributed by atoms with Crippen LogP contribution in [0.25, 0.3) is 10.9 Å². The van der Waals surface area contributed by atoms with Gasteiger partial charge in [-0.15, -0.1) is 0 Å². The van der Waals surface area contributed by atoms with Gasteiger partial charge in [0.1, 0.15) is 36.1 Å². The molecule has 1 aromatic carbocycles. The fraction of sp³-hybridized carbons (Fsp3) is 0.681. The number of hydrogen-bond donors (Lipinski definition) is 3. The number of likely N-dealkylation sites (tertiary alicyclic amines) is 1. The van der Waals surface area contributed by atoms with Crippen LogP contribution in [0.5, 0.6) is 17.2 Å². The molecule has 5 heterocycles. The van der Waals surface area contributed by atoms with E-state index in [1.165, 1.54) is 13.0 Å². The van der Waals surface area contributed by atoms with Gasteiger partial charge in [0.25, 0.3) is 5.91 Å². The summed E-state index contributed by atoms with van der Waals surface area (Å²) in [6.45, 7) is 9.49. The molecule has 374 valence electrons. The molecule has 3 N–H and O–H groups in total. The van der Waals surface area contributed by atoms with Crippen molar-refractivity contribution < 1.29 is 64.5 Å². The second kappa shape index (κ2) is 18.8. The minimum atomic E-state index is -5.03. The van der Waals surface area contributed by atoms with Crippen LogP contribution < -0.4 is 29.6 Å². The lowest BCUT2D eigenvalue weighted by molar-refractivity contribution is -0.145. The van der Waals surface area contributed by atoms with Crippen molar-refractivity contribution in [2.45, 2.75) is 151 Å². The van der Waals surface area contributed by atoms with E-state index in [0.717, 1.165) is 43.5 Å². The molecule has 8 rings (SSSR count). The second-order valence-corrected chi connectivity index (χ2v) is 22.6. The zero-order valence-electron chi connectivity index (χ0n) is 39.3. The normalized spacial score (nSPS) is 27.3. The molecule has 6 atom stereocenters. The number of nitrogens with one attached hydrogen (secondary N) is 3. The Labute approximate surface area is 394 Å². The molecule has 5 fully saturated rings. The Morgan fingerprint density at radius 2 is 1.75 bits per heavy atom. The summed E-state index contributed by atoms with van der Waals surface area (Å²) in [6.07, 6.45) is 4.47. The van der Waals surface area contributed by atoms with Crippen molar-refractivity contribution in [3.63, 3.8) is 0 Å². The number of alkyl carbamates (subject to hydrolysis) is 1. The van der Waals surface area contributed by atoms with E-state index in [1.807, 2.05) is 6.08 Å². The highest BCUT2D eigenvalue weighted by atomic mass is 32.2. The molecule has 1 spiro atoms. The maximum absolute atomic E-state index is 14.9. The molecule has 6 aliphatic rings. The van der Waals surface area contributed by atoms with Gasteiger partial charge in [0, 0.05) is 36.4 Å². The van der Waals surface area contributed by atoms with Crippen LogP contribution in [0.3, 0.4) is 0 Å². The van der Waals surface area contributed by atoms with Crippen LogP contribution in [0.4, 0.5) is 18.0 Å². The second-order valence-electron chi connectivity index (χ2n) is 20.4. The van der Waals surface area contributed by atoms with E-state index in [1.54, 1.807) is 39.0 Å². The van der Waals surface area contributed by atoms with Crippen molar-refractivity contribution in [2.75, 3.05) is 46.1 Å². The standard InChI is InChI=1S/C47H63F3N6O11S/c1-6-7-8-9-10-12-29-22-46(29,41(59)54-68(61,62)44(5)17-18-44)53-40(58)35-23-45(27-56(35)36(57)24-51-42(60)67-43(2,3)4)28-65-37-33-21-32(15-16-34(33)52-39(38(37)66-45)47(48,49)50)64-20-11-19-55-30-13-14-31(55)26-63-25-30/h10,12,15-16,21,29-31,35H,6-9,11,13-14,17-20,22-28H2,1-5H3,(H,51,60)(H,53,58)(H,54,59)/b12-10-/t29-,30?,31?,35+,45-,46-/m1/s1. The number of fused-ring (bicyclic) bond motifs is 5. The molecule has 4 aliphatic heterocycles. The number of hydrogen-bond acceptors (Lipinski definition) is 13. The Morgan fingerprint density at radius 3 is 2.43 bits per heavy atom. The number of carbonyl (C=O) groups excluding carboxylic acids is 4. The summed E-state index contributed by atoms with van der Waals surface area (Å²) < 4.78 is 102. The summed E-state index contributed by atoms with van der Waals surface area (Å²) in [4.78, 5) is 62.9. The van der Waals surface area contributed by atoms with Crippen LogP contribution in [-0.4, -0.2) is 133 Å². The molecule has 2 bridgehead atoms. The number of alkyl halides is 3. The molecule has 2 unspecified atom stereocenters. The molecule has 2 aliphatic carbocycles. The summed E-state index contributed by atoms with van der Waals surface area (Å²) in [5.41, 5.74) is -5.80. The monoisotopic (exact) mass is 976 g/mol. The van der Waals surface area contributed by atoms with Crippen LogP contribution in [0.2, 0.25) is 0 Å². The molecule has 3 saturated heterocycles. The first-order chi connectivity index (χ1) is 32.1. The molecule has 2 aromatic rings. The third-order valence-corrected chi connectivity index (χ3v) is 16.1. The Kier molecular flexibility index (Phi) is 13.7. The summed E-state index contributed by atoms with van der Waals surface area (Å²) in [6, 6.07) is 3.80. The third kappa shape index (κ3) is 10.5. The summed E-state index contributed by atoms with van der Waals surface area (Å²) >= 11 is 0. The maximum atomic E-state index is 14.9. The number of benzene rings is 1. The summed E-state index contributed by atoms with van der Waals surface area (Å²) in [5.74, 6) is -3.84. The SMILES string of the molecule is CCCCC/C=C\[C@@H]1C[C@]1(NC(=O)[C@@H]1C[C@]2(COc3c(c(C(F)(F)F)nc4ccc(OCCCN5C6CCC5COC6)cc34)O2)CN1C(=O)CNC(=O)OC(C)(C)C)C(=O)NS(=O)(=O)C1(C)CC1. The quantitative estimate of drug-likeness (QED) is 0.132. The topological polar surface area (TPSA) is 204 Å². The van der Waals surface area contributed by atoms with Gasteiger partial charge in [0.15, 0.2) is 22.8 Å². The number of morpholine rings is 1. The van der Waals surface area contributed by atoms with Crippen molar-refractivity contribution in [1.29, 1.82) is 0 Å². The summed E-state index contributed by atoms with van der Waals surface area (Å²) in [7, 11) is -4.13. The smallest absolute Gasteiger partial charge is 0.437 e. The molecule has 1 aromatic heterocycles. The number of ether oxygens (including phenoxy) is 5. The first kappa shape index (κ1) is 49.5. The molecule has 68 heavy (non-hydrogen) atoms. The number of carbonyl (C=O) groups is 4. The fourth-order valence-electron chi connectivity index (χ4n) is 9.70. The molecule has 0 radical (unpaired) electrons. The van der Waals surface area contributed by atoms with Gasteiger partial charge >= 0.3 is 12.3 Å². The highest BCUT2D eigenvalue weighted by Gasteiger charge is 2.64. The van der Waals surface area contributed by atoms with E-state index in [-0.39, 0.29) is 23.1 Å². The number of allylic oxidation sites excluding steroid dienone is 1. The number of rotatable bonds is 17. The highest BCUT2D eigenvalue weighted by molar-refractivity contribution is 7.91. The lowest BCUT2D eigenvalue weighted by Crippen LogP contribution is -2.57. The van der Waals surface area contributed by atoms with Crippen molar-refractivity contribution in [3.8, 4) is 17.2 Å². The van der Waals surface area contributed by atoms with E-state index in [2.05, 4.69) is 32.2 Å². The Balaban J connectivity index is 1.05. The first-order valence-electron chi connectivity index (χ1n) is 23.7. The van der Waals surface area contributed by atoms with E-state index < -0.39 is 111 Å². The number of pyridine rings is 1. The molecular weight excluding hydrogens is 914 g/mol. The predicted molar refractivity (Wildman–Crippen MR) is 241 cm³/mol. The molecule has 4 amide bonds. The van der Waals surface area contributed by atoms with E-state index in [9.17, 15) is 40.8 Å². The zero-order chi connectivity index (χ0) is 48.9. The Bertz CT molecular complexity index is 2410. The fourth-order valence-corrected chi connectivity index (χ4v) is 11.0. The predicted octanol–water partition coefficient (Wildman–Crippen LogP) is 5.53. The number of nitrogens with zero attached hydrogens (tertiary/aromatic N) is 3. The highest BCUT2D eigenvalue weighted by Crippen LogP contribution is 2.51. The van der Waals surface area contributed by atoms with Gasteiger partial charge in [0.2, 0.25) is 21.8 Å². The number of sulfonamides is 1. The van der Waals surface area contributed by atoms with Crippen LogP contribution in [0.1, 0.15) is 111 Å². The van der Waals surface area contributed by atoms with Crippen LogP contribution in [0.15, 0.2) is 30.4 Å². The van der Waals surface area contributed by atoms with Gasteiger partial charge in [-0.1, -0.05) is 31.9 Å². The van der Waals surface area contributed by atoms with E-state index >= 15 is 0 Å². The maximum Gasteiger partial charge on any atom is 0.437 e. The number of aromatic nitrogens is 1.